The van der Waals surface area contributed by atoms with Crippen LogP contribution in [0.1, 0.15) is 42.9 Å². The number of amides is 1. The minimum atomic E-state index is -3.13. The second-order valence-electron chi connectivity index (χ2n) is 6.90. The van der Waals surface area contributed by atoms with Gasteiger partial charge in [-0.3, -0.25) is 4.79 Å². The summed E-state index contributed by atoms with van der Waals surface area (Å²) < 4.78 is 25.2. The number of rotatable bonds is 7. The number of carbonyl (C=O) groups excluding carboxylic acids is 1. The Kier molecular flexibility index (Phi) is 7.02. The molecule has 6 heteroatoms. The van der Waals surface area contributed by atoms with Crippen molar-refractivity contribution in [3.63, 3.8) is 0 Å². The third kappa shape index (κ3) is 5.54. The Morgan fingerprint density at radius 3 is 2.52 bits per heavy atom. The number of benzene rings is 1. The molecule has 0 bridgehead atoms. The molecule has 1 fully saturated rings. The van der Waals surface area contributed by atoms with Gasteiger partial charge >= 0.3 is 0 Å². The summed E-state index contributed by atoms with van der Waals surface area (Å²) >= 11 is 0. The van der Waals surface area contributed by atoms with E-state index in [0.717, 1.165) is 12.8 Å². The van der Waals surface area contributed by atoms with Crippen molar-refractivity contribution in [1.82, 2.24) is 9.62 Å². The molecule has 0 spiro atoms. The number of piperidine rings is 1. The van der Waals surface area contributed by atoms with Crippen molar-refractivity contribution >= 4 is 15.9 Å². The first-order chi connectivity index (χ1) is 11.8. The average Bonchev–Trinajstić information content (AvgIpc) is 2.60. The maximum absolute atomic E-state index is 12.3. The standard InChI is InChI=1S/C19H30N2O3S/c1-4-25(23,24)21-12-9-18(10-13-21)19(22)20-11-5-6-17-8-7-15(2)14-16(17)3/h7-8,14,18H,4-6,9-13H2,1-3H3,(H,20,22). The van der Waals surface area contributed by atoms with Gasteiger partial charge in [-0.05, 0) is 57.6 Å². The van der Waals surface area contributed by atoms with Gasteiger partial charge in [-0.15, -0.1) is 0 Å². The normalized spacial score (nSPS) is 16.8. The maximum atomic E-state index is 12.3. The van der Waals surface area contributed by atoms with Crippen LogP contribution < -0.4 is 5.32 Å². The summed E-state index contributed by atoms with van der Waals surface area (Å²) in [7, 11) is -3.13. The van der Waals surface area contributed by atoms with Gasteiger partial charge in [0.15, 0.2) is 0 Å². The molecule has 1 aliphatic rings. The van der Waals surface area contributed by atoms with Crippen LogP contribution in [0.25, 0.3) is 0 Å². The van der Waals surface area contributed by atoms with Crippen LogP contribution in [-0.2, 0) is 21.2 Å². The van der Waals surface area contributed by atoms with E-state index in [1.165, 1.54) is 21.0 Å². The largest absolute Gasteiger partial charge is 0.356 e. The molecule has 1 aromatic rings. The molecule has 1 amide bonds. The number of hydrogen-bond donors (Lipinski definition) is 1. The Morgan fingerprint density at radius 2 is 1.92 bits per heavy atom. The maximum Gasteiger partial charge on any atom is 0.223 e. The fraction of sp³-hybridized carbons (Fsp3) is 0.632. The molecule has 0 aromatic heterocycles. The first-order valence-corrected chi connectivity index (χ1v) is 10.8. The van der Waals surface area contributed by atoms with Crippen molar-refractivity contribution in [2.45, 2.75) is 46.5 Å². The van der Waals surface area contributed by atoms with E-state index in [1.807, 2.05) is 0 Å². The van der Waals surface area contributed by atoms with Crippen molar-refractivity contribution in [2.24, 2.45) is 5.92 Å². The van der Waals surface area contributed by atoms with Crippen molar-refractivity contribution < 1.29 is 13.2 Å². The molecule has 1 aromatic carbocycles. The minimum absolute atomic E-state index is 0.0641. The molecule has 140 valence electrons. The highest BCUT2D eigenvalue weighted by molar-refractivity contribution is 7.89. The molecule has 1 saturated heterocycles. The fourth-order valence-corrected chi connectivity index (χ4v) is 4.47. The summed E-state index contributed by atoms with van der Waals surface area (Å²) in [4.78, 5) is 12.3. The Labute approximate surface area is 151 Å². The van der Waals surface area contributed by atoms with Gasteiger partial charge in [-0.25, -0.2) is 12.7 Å². The Bertz CT molecular complexity index is 693. The number of sulfonamides is 1. The smallest absolute Gasteiger partial charge is 0.223 e. The van der Waals surface area contributed by atoms with Crippen LogP contribution in [0.3, 0.4) is 0 Å². The highest BCUT2D eigenvalue weighted by Crippen LogP contribution is 2.20. The Morgan fingerprint density at radius 1 is 1.24 bits per heavy atom. The summed E-state index contributed by atoms with van der Waals surface area (Å²) in [5.74, 6) is 0.126. The van der Waals surface area contributed by atoms with Crippen LogP contribution >= 0.6 is 0 Å². The molecule has 25 heavy (non-hydrogen) atoms. The van der Waals surface area contributed by atoms with E-state index in [2.05, 4.69) is 37.4 Å². The number of nitrogens with zero attached hydrogens (tertiary/aromatic N) is 1. The second-order valence-corrected chi connectivity index (χ2v) is 9.16. The first-order valence-electron chi connectivity index (χ1n) is 9.15. The van der Waals surface area contributed by atoms with Gasteiger partial charge in [0.25, 0.3) is 0 Å². The zero-order valence-electron chi connectivity index (χ0n) is 15.5. The third-order valence-electron chi connectivity index (χ3n) is 5.00. The number of nitrogens with one attached hydrogen (secondary N) is 1. The lowest BCUT2D eigenvalue weighted by molar-refractivity contribution is -0.126. The monoisotopic (exact) mass is 366 g/mol. The lowest BCUT2D eigenvalue weighted by Gasteiger charge is -2.30. The van der Waals surface area contributed by atoms with Crippen LogP contribution in [-0.4, -0.2) is 44.0 Å². The van der Waals surface area contributed by atoms with E-state index in [9.17, 15) is 13.2 Å². The number of hydrogen-bond acceptors (Lipinski definition) is 3. The fourth-order valence-electron chi connectivity index (χ4n) is 3.34. The van der Waals surface area contributed by atoms with Crippen LogP contribution in [0.5, 0.6) is 0 Å². The molecule has 0 radical (unpaired) electrons. The predicted molar refractivity (Wildman–Crippen MR) is 101 cm³/mol. The molecule has 0 atom stereocenters. The van der Waals surface area contributed by atoms with E-state index in [4.69, 9.17) is 0 Å². The van der Waals surface area contributed by atoms with Gasteiger partial charge in [-0.1, -0.05) is 23.8 Å². The van der Waals surface area contributed by atoms with Crippen LogP contribution in [0, 0.1) is 19.8 Å². The van der Waals surface area contributed by atoms with Crippen LogP contribution in [0.4, 0.5) is 0 Å². The van der Waals surface area contributed by atoms with Crippen LogP contribution in [0.15, 0.2) is 18.2 Å². The zero-order chi connectivity index (χ0) is 18.4. The third-order valence-corrected chi connectivity index (χ3v) is 6.88. The molecule has 0 aliphatic carbocycles. The molecule has 1 aliphatic heterocycles. The van der Waals surface area contributed by atoms with Gasteiger partial charge in [0.2, 0.25) is 15.9 Å². The summed E-state index contributed by atoms with van der Waals surface area (Å²) in [6, 6.07) is 6.47. The molecule has 1 heterocycles. The molecule has 0 unspecified atom stereocenters. The zero-order valence-corrected chi connectivity index (χ0v) is 16.4. The molecular weight excluding hydrogens is 336 g/mol. The SMILES string of the molecule is CCS(=O)(=O)N1CCC(C(=O)NCCCc2ccc(C)cc2C)CC1. The molecular formula is C19H30N2O3S. The summed E-state index contributed by atoms with van der Waals surface area (Å²) in [5.41, 5.74) is 3.90. The summed E-state index contributed by atoms with van der Waals surface area (Å²) in [6.45, 7) is 7.45. The molecule has 2 rings (SSSR count). The van der Waals surface area contributed by atoms with Gasteiger partial charge in [0, 0.05) is 25.6 Å². The predicted octanol–water partition coefficient (Wildman–Crippen LogP) is 2.41. The number of aryl methyl sites for hydroxylation is 3. The Hall–Kier alpha value is -1.40. The topological polar surface area (TPSA) is 66.5 Å². The first kappa shape index (κ1) is 19.9. The lowest BCUT2D eigenvalue weighted by Crippen LogP contribution is -2.43. The van der Waals surface area contributed by atoms with E-state index in [0.29, 0.717) is 32.5 Å². The van der Waals surface area contributed by atoms with E-state index in [1.54, 1.807) is 6.92 Å². The van der Waals surface area contributed by atoms with Crippen LogP contribution in [0.2, 0.25) is 0 Å². The average molecular weight is 367 g/mol. The highest BCUT2D eigenvalue weighted by Gasteiger charge is 2.29. The molecule has 5 nitrogen and oxygen atoms in total. The minimum Gasteiger partial charge on any atom is -0.356 e. The molecule has 1 N–H and O–H groups in total. The quantitative estimate of drug-likeness (QED) is 0.754. The van der Waals surface area contributed by atoms with Gasteiger partial charge in [0.05, 0.1) is 5.75 Å². The van der Waals surface area contributed by atoms with E-state index < -0.39 is 10.0 Å². The van der Waals surface area contributed by atoms with Crippen molar-refractivity contribution in [3.8, 4) is 0 Å². The van der Waals surface area contributed by atoms with Crippen molar-refractivity contribution in [1.29, 1.82) is 0 Å². The van der Waals surface area contributed by atoms with Gasteiger partial charge in [0.1, 0.15) is 0 Å². The second kappa shape index (κ2) is 8.81. The van der Waals surface area contributed by atoms with Gasteiger partial charge in [-0.2, -0.15) is 0 Å². The molecule has 0 saturated carbocycles. The Balaban J connectivity index is 1.71. The number of carbonyl (C=O) groups is 1. The van der Waals surface area contributed by atoms with Crippen molar-refractivity contribution in [3.05, 3.63) is 34.9 Å². The highest BCUT2D eigenvalue weighted by atomic mass is 32.2. The van der Waals surface area contributed by atoms with Gasteiger partial charge < -0.3 is 5.32 Å². The summed E-state index contributed by atoms with van der Waals surface area (Å²) in [5, 5.41) is 3.01. The van der Waals surface area contributed by atoms with E-state index in [-0.39, 0.29) is 17.6 Å². The van der Waals surface area contributed by atoms with E-state index >= 15 is 0 Å². The summed E-state index contributed by atoms with van der Waals surface area (Å²) in [6.07, 6.45) is 3.10. The van der Waals surface area contributed by atoms with Crippen molar-refractivity contribution in [2.75, 3.05) is 25.4 Å². The lowest BCUT2D eigenvalue weighted by atomic mass is 9.97.